The van der Waals surface area contributed by atoms with E-state index in [4.69, 9.17) is 9.84 Å². The highest BCUT2D eigenvalue weighted by Gasteiger charge is 2.34. The van der Waals surface area contributed by atoms with Gasteiger partial charge in [0.1, 0.15) is 21.3 Å². The second-order valence-corrected chi connectivity index (χ2v) is 11.3. The van der Waals surface area contributed by atoms with Crippen LogP contribution >= 0.6 is 11.3 Å². The molecule has 2 aliphatic heterocycles. The summed E-state index contributed by atoms with van der Waals surface area (Å²) in [5.41, 5.74) is 3.09. The van der Waals surface area contributed by atoms with E-state index in [0.717, 1.165) is 47.2 Å². The Hall–Kier alpha value is -3.77. The van der Waals surface area contributed by atoms with E-state index in [1.165, 1.54) is 11.3 Å². The van der Waals surface area contributed by atoms with Crippen molar-refractivity contribution < 1.29 is 9.53 Å². The zero-order valence-electron chi connectivity index (χ0n) is 19.9. The van der Waals surface area contributed by atoms with Crippen molar-refractivity contribution in [1.82, 2.24) is 34.3 Å². The topological polar surface area (TPSA) is 122 Å². The maximum absolute atomic E-state index is 13.1. The molecule has 1 saturated heterocycles. The molecule has 0 aromatic carbocycles. The minimum Gasteiger partial charge on any atom is -0.477 e. The molecule has 11 nitrogen and oxygen atoms in total. The van der Waals surface area contributed by atoms with Gasteiger partial charge in [-0.3, -0.25) is 19.5 Å². The number of carbonyl (C=O) groups is 1. The van der Waals surface area contributed by atoms with Crippen LogP contribution in [0.4, 0.5) is 5.69 Å². The number of aromatic nitrogens is 6. The number of aryl methyl sites for hydroxylation is 1. The third-order valence-corrected chi connectivity index (χ3v) is 7.79. The number of fused-ring (bicyclic) bond motifs is 6. The lowest BCUT2D eigenvalue weighted by atomic mass is 9.84. The van der Waals surface area contributed by atoms with Gasteiger partial charge in [-0.1, -0.05) is 13.8 Å². The summed E-state index contributed by atoms with van der Waals surface area (Å²) in [5, 5.41) is 12.5. The summed E-state index contributed by atoms with van der Waals surface area (Å²) in [6.45, 7) is 8.01. The van der Waals surface area contributed by atoms with E-state index in [0.29, 0.717) is 40.8 Å². The summed E-state index contributed by atoms with van der Waals surface area (Å²) in [6, 6.07) is 1.73. The van der Waals surface area contributed by atoms with Crippen molar-refractivity contribution in [3.63, 3.8) is 0 Å². The number of hydrogen-bond donors (Lipinski definition) is 2. The number of carbonyl (C=O) groups excluding carboxylic acids is 1. The average Bonchev–Trinajstić information content (AvgIpc) is 3.50. The van der Waals surface area contributed by atoms with Gasteiger partial charge in [-0.05, 0) is 11.5 Å². The first-order valence-electron chi connectivity index (χ1n) is 11.9. The highest BCUT2D eigenvalue weighted by atomic mass is 32.1. The summed E-state index contributed by atoms with van der Waals surface area (Å²) in [7, 11) is 0. The van der Waals surface area contributed by atoms with Crippen molar-refractivity contribution in [2.24, 2.45) is 5.41 Å². The molecule has 0 spiro atoms. The van der Waals surface area contributed by atoms with Crippen LogP contribution in [0.2, 0.25) is 0 Å². The molecule has 7 heterocycles. The van der Waals surface area contributed by atoms with Gasteiger partial charge in [0.25, 0.3) is 5.56 Å². The summed E-state index contributed by atoms with van der Waals surface area (Å²) < 4.78 is 9.42. The number of aromatic amines is 1. The van der Waals surface area contributed by atoms with E-state index in [1.807, 2.05) is 10.9 Å². The number of nitrogens with one attached hydrogen (secondary N) is 2. The van der Waals surface area contributed by atoms with Crippen LogP contribution in [-0.2, 0) is 11.3 Å². The zero-order chi connectivity index (χ0) is 24.6. The van der Waals surface area contributed by atoms with Crippen LogP contribution in [0.3, 0.4) is 0 Å². The standard InChI is InChI=1S/C24H24N8O3S/c1-24(2)11-30(12-24)10-17(33)27-13-6-15-19(25-7-13)20-18(21(34)28-15)23-32(29-20)9-16(36-23)14-8-26-31-4-3-5-35-22(14)31/h6-9H,3-5,10-12H2,1-2H3,(H,27,33)(H,28,34). The van der Waals surface area contributed by atoms with Crippen molar-refractivity contribution in [3.8, 4) is 16.3 Å². The second-order valence-electron chi connectivity index (χ2n) is 10.3. The molecule has 0 saturated carbocycles. The quantitative estimate of drug-likeness (QED) is 0.386. The fraction of sp³-hybridized carbons (Fsp3) is 0.375. The second kappa shape index (κ2) is 7.61. The molecule has 5 aromatic rings. The number of hydrogen-bond acceptors (Lipinski definition) is 8. The van der Waals surface area contributed by atoms with Gasteiger partial charge >= 0.3 is 0 Å². The number of nitrogens with zero attached hydrogens (tertiary/aromatic N) is 6. The molecular weight excluding hydrogens is 480 g/mol. The normalized spacial score (nSPS) is 17.3. The van der Waals surface area contributed by atoms with Gasteiger partial charge in [-0.25, -0.2) is 9.20 Å². The SMILES string of the molecule is CC1(C)CN(CC(=O)Nc2cnc3c(c2)[nH]c(=O)c2c3nn3cc(-c4cnn5c4OCCC5)sc23)C1. The summed E-state index contributed by atoms with van der Waals surface area (Å²) in [4.78, 5) is 36.8. The molecule has 5 aromatic heterocycles. The van der Waals surface area contributed by atoms with Crippen LogP contribution < -0.4 is 15.6 Å². The van der Waals surface area contributed by atoms with Crippen LogP contribution in [0.5, 0.6) is 5.88 Å². The minimum atomic E-state index is -0.248. The van der Waals surface area contributed by atoms with E-state index in [9.17, 15) is 9.59 Å². The van der Waals surface area contributed by atoms with Crippen molar-refractivity contribution in [2.45, 2.75) is 26.8 Å². The van der Waals surface area contributed by atoms with E-state index in [-0.39, 0.29) is 16.9 Å². The van der Waals surface area contributed by atoms with Gasteiger partial charge in [0.05, 0.1) is 47.2 Å². The van der Waals surface area contributed by atoms with Crippen LogP contribution in [0.1, 0.15) is 20.3 Å². The molecular formula is C24H24N8O3S. The van der Waals surface area contributed by atoms with Crippen LogP contribution in [-0.4, -0.2) is 66.4 Å². The van der Waals surface area contributed by atoms with Crippen LogP contribution in [0, 0.1) is 5.41 Å². The molecule has 2 aliphatic rings. The fourth-order valence-corrected chi connectivity index (χ4v) is 6.35. The molecule has 12 heteroatoms. The summed E-state index contributed by atoms with van der Waals surface area (Å²) >= 11 is 1.47. The first-order chi connectivity index (χ1) is 17.3. The van der Waals surface area contributed by atoms with Gasteiger partial charge in [0, 0.05) is 32.3 Å². The van der Waals surface area contributed by atoms with E-state index in [1.54, 1.807) is 23.0 Å². The molecule has 0 unspecified atom stereocenters. The van der Waals surface area contributed by atoms with E-state index in [2.05, 4.69) is 39.1 Å². The largest absolute Gasteiger partial charge is 0.477 e. The highest BCUT2D eigenvalue weighted by Crippen LogP contribution is 2.38. The van der Waals surface area contributed by atoms with Gasteiger partial charge < -0.3 is 15.0 Å². The number of thiazole rings is 1. The van der Waals surface area contributed by atoms with Crippen LogP contribution in [0.15, 0.2) is 29.5 Å². The third-order valence-electron chi connectivity index (χ3n) is 6.66. The lowest BCUT2D eigenvalue weighted by Gasteiger charge is -2.45. The van der Waals surface area contributed by atoms with Gasteiger partial charge in [0.15, 0.2) is 0 Å². The number of ether oxygens (including phenoxy) is 1. The molecule has 7 rings (SSSR count). The highest BCUT2D eigenvalue weighted by molar-refractivity contribution is 7.21. The van der Waals surface area contributed by atoms with Crippen LogP contribution in [0.25, 0.3) is 37.2 Å². The van der Waals surface area contributed by atoms with Crippen molar-refractivity contribution in [3.05, 3.63) is 35.0 Å². The molecule has 1 amide bonds. The third kappa shape index (κ3) is 3.39. The number of anilines is 1. The maximum atomic E-state index is 13.1. The molecule has 2 N–H and O–H groups in total. The molecule has 0 aliphatic carbocycles. The molecule has 0 atom stereocenters. The van der Waals surface area contributed by atoms with Gasteiger partial charge in [0.2, 0.25) is 11.8 Å². The first kappa shape index (κ1) is 21.5. The molecule has 0 radical (unpaired) electrons. The number of pyridine rings is 2. The summed E-state index contributed by atoms with van der Waals surface area (Å²) in [6.07, 6.45) is 6.23. The van der Waals surface area contributed by atoms with Crippen molar-refractivity contribution in [2.75, 3.05) is 31.6 Å². The Morgan fingerprint density at radius 3 is 2.97 bits per heavy atom. The van der Waals surface area contributed by atoms with E-state index >= 15 is 0 Å². The first-order valence-corrected chi connectivity index (χ1v) is 12.7. The predicted molar refractivity (Wildman–Crippen MR) is 137 cm³/mol. The fourth-order valence-electron chi connectivity index (χ4n) is 5.26. The maximum Gasteiger partial charge on any atom is 0.261 e. The summed E-state index contributed by atoms with van der Waals surface area (Å²) in [5.74, 6) is 0.653. The van der Waals surface area contributed by atoms with E-state index < -0.39 is 0 Å². The Bertz CT molecular complexity index is 1740. The Balaban J connectivity index is 1.22. The smallest absolute Gasteiger partial charge is 0.261 e. The minimum absolute atomic E-state index is 0.101. The number of likely N-dealkylation sites (tertiary alicyclic amines) is 1. The number of H-pyrrole nitrogens is 1. The van der Waals surface area contributed by atoms with Crippen molar-refractivity contribution >= 4 is 49.7 Å². The Kier molecular flexibility index (Phi) is 4.55. The predicted octanol–water partition coefficient (Wildman–Crippen LogP) is 2.71. The van der Waals surface area contributed by atoms with Crippen molar-refractivity contribution in [1.29, 1.82) is 0 Å². The Morgan fingerprint density at radius 2 is 2.14 bits per heavy atom. The monoisotopic (exact) mass is 504 g/mol. The lowest BCUT2D eigenvalue weighted by Crippen LogP contribution is -2.54. The molecule has 1 fully saturated rings. The average molecular weight is 505 g/mol. The lowest BCUT2D eigenvalue weighted by molar-refractivity contribution is -0.120. The number of amides is 1. The zero-order valence-corrected chi connectivity index (χ0v) is 20.7. The Morgan fingerprint density at radius 1 is 1.28 bits per heavy atom. The Labute approximate surface area is 208 Å². The molecule has 184 valence electrons. The molecule has 0 bridgehead atoms. The van der Waals surface area contributed by atoms with Gasteiger partial charge in [-0.15, -0.1) is 11.3 Å². The molecule has 36 heavy (non-hydrogen) atoms. The number of rotatable bonds is 4. The van der Waals surface area contributed by atoms with Gasteiger partial charge in [-0.2, -0.15) is 10.2 Å².